The first-order valence-corrected chi connectivity index (χ1v) is 6.15. The van der Waals surface area contributed by atoms with Crippen LogP contribution in [0.15, 0.2) is 22.7 Å². The molecule has 1 aromatic carbocycles. The van der Waals surface area contributed by atoms with Gasteiger partial charge in [-0.25, -0.2) is 4.79 Å². The summed E-state index contributed by atoms with van der Waals surface area (Å²) in [4.78, 5) is 13.6. The molecule has 0 radical (unpaired) electrons. The third-order valence-corrected chi connectivity index (χ3v) is 3.22. The summed E-state index contributed by atoms with van der Waals surface area (Å²) in [7, 11) is 0. The highest BCUT2D eigenvalue weighted by Gasteiger charge is 2.17. The van der Waals surface area contributed by atoms with Crippen LogP contribution in [0.5, 0.6) is 0 Å². The first-order valence-electron chi connectivity index (χ1n) is 5.35. The van der Waals surface area contributed by atoms with E-state index in [0.717, 1.165) is 4.47 Å². The molecule has 1 saturated heterocycles. The van der Waals surface area contributed by atoms with Crippen LogP contribution in [0.25, 0.3) is 0 Å². The summed E-state index contributed by atoms with van der Waals surface area (Å²) in [5.74, 6) is 0. The molecule has 3 N–H and O–H groups in total. The van der Waals surface area contributed by atoms with Gasteiger partial charge >= 0.3 is 6.03 Å². The summed E-state index contributed by atoms with van der Waals surface area (Å²) < 4.78 is 6.01. The first-order chi connectivity index (χ1) is 8.16. The normalized spacial score (nSPS) is 15.7. The number of urea groups is 1. The third-order valence-electron chi connectivity index (χ3n) is 2.53. The Morgan fingerprint density at radius 1 is 1.41 bits per heavy atom. The molecular weight excluding hydrogens is 286 g/mol. The van der Waals surface area contributed by atoms with Crippen LogP contribution in [0.2, 0.25) is 0 Å². The second-order valence-electron chi connectivity index (χ2n) is 3.77. The fourth-order valence-corrected chi connectivity index (χ4v) is 1.95. The molecule has 0 bridgehead atoms. The second kappa shape index (κ2) is 5.37. The number of carbonyl (C=O) groups is 1. The van der Waals surface area contributed by atoms with Gasteiger partial charge in [0.15, 0.2) is 0 Å². The van der Waals surface area contributed by atoms with E-state index >= 15 is 0 Å². The van der Waals surface area contributed by atoms with Crippen molar-refractivity contribution in [1.82, 2.24) is 4.90 Å². The number of hydrogen-bond acceptors (Lipinski definition) is 3. The first kappa shape index (κ1) is 12.2. The molecule has 17 heavy (non-hydrogen) atoms. The van der Waals surface area contributed by atoms with Crippen LogP contribution < -0.4 is 11.1 Å². The second-order valence-corrected chi connectivity index (χ2v) is 4.62. The molecule has 0 aliphatic carbocycles. The minimum atomic E-state index is -0.125. The maximum absolute atomic E-state index is 11.9. The number of halogens is 1. The van der Waals surface area contributed by atoms with E-state index in [1.165, 1.54) is 0 Å². The van der Waals surface area contributed by atoms with Crippen LogP contribution in [0, 0.1) is 0 Å². The molecule has 1 fully saturated rings. The molecule has 1 aliphatic heterocycles. The van der Waals surface area contributed by atoms with Crippen LogP contribution in [-0.4, -0.2) is 37.2 Å². The highest BCUT2D eigenvalue weighted by Crippen LogP contribution is 2.24. The van der Waals surface area contributed by atoms with Crippen LogP contribution in [-0.2, 0) is 4.74 Å². The van der Waals surface area contributed by atoms with E-state index in [2.05, 4.69) is 21.2 Å². The summed E-state index contributed by atoms with van der Waals surface area (Å²) in [6.45, 7) is 2.41. The van der Waals surface area contributed by atoms with Gasteiger partial charge in [0.1, 0.15) is 0 Å². The van der Waals surface area contributed by atoms with Crippen LogP contribution in [0.3, 0.4) is 0 Å². The summed E-state index contributed by atoms with van der Waals surface area (Å²) >= 11 is 3.37. The van der Waals surface area contributed by atoms with Crippen molar-refractivity contribution < 1.29 is 9.53 Å². The number of rotatable bonds is 1. The van der Waals surface area contributed by atoms with Crippen LogP contribution in [0.1, 0.15) is 0 Å². The molecule has 6 heteroatoms. The molecule has 0 atom stereocenters. The Labute approximate surface area is 108 Å². The monoisotopic (exact) mass is 299 g/mol. The van der Waals surface area contributed by atoms with Crippen molar-refractivity contribution in [3.63, 3.8) is 0 Å². The maximum atomic E-state index is 11.9. The number of amides is 2. The van der Waals surface area contributed by atoms with Crippen molar-refractivity contribution in [3.8, 4) is 0 Å². The fraction of sp³-hybridized carbons (Fsp3) is 0.364. The van der Waals surface area contributed by atoms with Gasteiger partial charge in [-0.3, -0.25) is 0 Å². The Hall–Kier alpha value is -1.27. The topological polar surface area (TPSA) is 67.6 Å². The number of anilines is 2. The van der Waals surface area contributed by atoms with E-state index in [1.54, 1.807) is 17.0 Å². The Balaban J connectivity index is 2.04. The smallest absolute Gasteiger partial charge is 0.322 e. The molecule has 0 spiro atoms. The summed E-state index contributed by atoms with van der Waals surface area (Å²) in [5.41, 5.74) is 6.97. The third kappa shape index (κ3) is 3.10. The SMILES string of the molecule is Nc1ccc(Br)c(NC(=O)N2CCOCC2)c1. The lowest BCUT2D eigenvalue weighted by Gasteiger charge is -2.27. The van der Waals surface area contributed by atoms with Crippen molar-refractivity contribution in [2.45, 2.75) is 0 Å². The number of carbonyl (C=O) groups excluding carboxylic acids is 1. The Morgan fingerprint density at radius 2 is 2.12 bits per heavy atom. The van der Waals surface area contributed by atoms with Crippen LogP contribution >= 0.6 is 15.9 Å². The number of hydrogen-bond donors (Lipinski definition) is 2. The Bertz CT molecular complexity index is 419. The van der Waals surface area contributed by atoms with E-state index in [1.807, 2.05) is 6.07 Å². The summed E-state index contributed by atoms with van der Waals surface area (Å²) in [5, 5.41) is 2.83. The molecule has 92 valence electrons. The predicted molar refractivity (Wildman–Crippen MR) is 70.0 cm³/mol. The maximum Gasteiger partial charge on any atom is 0.322 e. The quantitative estimate of drug-likeness (QED) is 0.778. The number of nitrogens with zero attached hydrogens (tertiary/aromatic N) is 1. The molecular formula is C11H14BrN3O2. The zero-order valence-electron chi connectivity index (χ0n) is 9.28. The fourth-order valence-electron chi connectivity index (χ4n) is 1.60. The zero-order valence-corrected chi connectivity index (χ0v) is 10.9. The number of nitrogens with two attached hydrogens (primary N) is 1. The molecule has 5 nitrogen and oxygen atoms in total. The van der Waals surface area contributed by atoms with E-state index in [9.17, 15) is 4.79 Å². The molecule has 0 aromatic heterocycles. The van der Waals surface area contributed by atoms with Crippen molar-refractivity contribution >= 4 is 33.3 Å². The minimum absolute atomic E-state index is 0.125. The number of nitrogens with one attached hydrogen (secondary N) is 1. The highest BCUT2D eigenvalue weighted by atomic mass is 79.9. The zero-order chi connectivity index (χ0) is 12.3. The van der Waals surface area contributed by atoms with E-state index < -0.39 is 0 Å². The van der Waals surface area contributed by atoms with Crippen molar-refractivity contribution in [2.75, 3.05) is 37.4 Å². The number of morpholine rings is 1. The molecule has 2 rings (SSSR count). The summed E-state index contributed by atoms with van der Waals surface area (Å²) in [6, 6.07) is 5.18. The van der Waals surface area contributed by atoms with Gasteiger partial charge in [0.05, 0.1) is 18.9 Å². The minimum Gasteiger partial charge on any atom is -0.399 e. The molecule has 0 saturated carbocycles. The van der Waals surface area contributed by atoms with Gasteiger partial charge in [-0.05, 0) is 34.1 Å². The van der Waals surface area contributed by atoms with Gasteiger partial charge < -0.3 is 20.7 Å². The highest BCUT2D eigenvalue weighted by molar-refractivity contribution is 9.10. The number of nitrogen functional groups attached to an aromatic ring is 1. The van der Waals surface area contributed by atoms with Gasteiger partial charge in [-0.15, -0.1) is 0 Å². The molecule has 2 amide bonds. The largest absolute Gasteiger partial charge is 0.399 e. The molecule has 0 unspecified atom stereocenters. The van der Waals surface area contributed by atoms with Gasteiger partial charge in [-0.2, -0.15) is 0 Å². The Morgan fingerprint density at radius 3 is 2.82 bits per heavy atom. The summed E-state index contributed by atoms with van der Waals surface area (Å²) in [6.07, 6.45) is 0. The standard InChI is InChI=1S/C11H14BrN3O2/c12-9-2-1-8(13)7-10(9)14-11(16)15-3-5-17-6-4-15/h1-2,7H,3-6,13H2,(H,14,16). The lowest BCUT2D eigenvalue weighted by molar-refractivity contribution is 0.0564. The number of ether oxygens (including phenoxy) is 1. The van der Waals surface area contributed by atoms with Crippen molar-refractivity contribution in [2.24, 2.45) is 0 Å². The molecule has 1 aromatic rings. The van der Waals surface area contributed by atoms with Crippen LogP contribution in [0.4, 0.5) is 16.2 Å². The lowest BCUT2D eigenvalue weighted by Crippen LogP contribution is -2.43. The average molecular weight is 300 g/mol. The van der Waals surface area contributed by atoms with Crippen molar-refractivity contribution in [3.05, 3.63) is 22.7 Å². The predicted octanol–water partition coefficient (Wildman–Crippen LogP) is 1.90. The van der Waals surface area contributed by atoms with Crippen molar-refractivity contribution in [1.29, 1.82) is 0 Å². The number of benzene rings is 1. The molecule has 1 heterocycles. The Kier molecular flexibility index (Phi) is 3.86. The molecule has 1 aliphatic rings. The van der Waals surface area contributed by atoms with E-state index in [4.69, 9.17) is 10.5 Å². The van der Waals surface area contributed by atoms with Gasteiger partial charge in [-0.1, -0.05) is 0 Å². The van der Waals surface area contributed by atoms with E-state index in [-0.39, 0.29) is 6.03 Å². The van der Waals surface area contributed by atoms with Gasteiger partial charge in [0.2, 0.25) is 0 Å². The lowest BCUT2D eigenvalue weighted by atomic mass is 10.3. The van der Waals surface area contributed by atoms with Gasteiger partial charge in [0, 0.05) is 23.2 Å². The van der Waals surface area contributed by atoms with Gasteiger partial charge in [0.25, 0.3) is 0 Å². The van der Waals surface area contributed by atoms with E-state index in [0.29, 0.717) is 37.7 Å². The average Bonchev–Trinajstić information content (AvgIpc) is 2.35.